The van der Waals surface area contributed by atoms with E-state index in [4.69, 9.17) is 5.73 Å². The van der Waals surface area contributed by atoms with Crippen molar-refractivity contribution >= 4 is 11.3 Å². The third-order valence-corrected chi connectivity index (χ3v) is 4.12. The number of nitrogens with two attached hydrogens (primary N) is 1. The first-order valence-electron chi connectivity index (χ1n) is 5.56. The lowest BCUT2D eigenvalue weighted by molar-refractivity contribution is 0.451. The van der Waals surface area contributed by atoms with Gasteiger partial charge in [-0.15, -0.1) is 11.3 Å². The van der Waals surface area contributed by atoms with E-state index in [1.807, 2.05) is 11.3 Å². The summed E-state index contributed by atoms with van der Waals surface area (Å²) in [7, 11) is 0. The van der Waals surface area contributed by atoms with Crippen molar-refractivity contribution in [3.05, 3.63) is 21.9 Å². The second-order valence-electron chi connectivity index (χ2n) is 4.48. The lowest BCUT2D eigenvalue weighted by Gasteiger charge is -2.14. The van der Waals surface area contributed by atoms with Gasteiger partial charge in [-0.05, 0) is 36.3 Å². The number of hydrogen-bond donors (Lipinski definition) is 1. The topological polar surface area (TPSA) is 26.0 Å². The highest BCUT2D eigenvalue weighted by Gasteiger charge is 2.19. The molecule has 14 heavy (non-hydrogen) atoms. The molecule has 0 aromatic carbocycles. The van der Waals surface area contributed by atoms with Crippen LogP contribution in [0.2, 0.25) is 0 Å². The first kappa shape index (κ1) is 10.2. The average Bonchev–Trinajstić information content (AvgIpc) is 2.75. The molecule has 1 aliphatic carbocycles. The molecule has 1 aromatic rings. The smallest absolute Gasteiger partial charge is 0.0305 e. The van der Waals surface area contributed by atoms with Gasteiger partial charge in [-0.2, -0.15) is 0 Å². The fraction of sp³-hybridized carbons (Fsp3) is 0.667. The van der Waals surface area contributed by atoms with Crippen molar-refractivity contribution in [3.63, 3.8) is 0 Å². The summed E-state index contributed by atoms with van der Waals surface area (Å²) >= 11 is 1.81. The van der Waals surface area contributed by atoms with E-state index < -0.39 is 0 Å². The zero-order chi connectivity index (χ0) is 9.97. The molecule has 0 saturated heterocycles. The summed E-state index contributed by atoms with van der Waals surface area (Å²) in [6.07, 6.45) is 6.82. The molecule has 1 heterocycles. The van der Waals surface area contributed by atoms with Crippen LogP contribution in [0.1, 0.15) is 48.6 Å². The minimum atomic E-state index is 0.281. The van der Waals surface area contributed by atoms with Crippen LogP contribution in [0.5, 0.6) is 0 Å². The van der Waals surface area contributed by atoms with Gasteiger partial charge in [-0.25, -0.2) is 0 Å². The third kappa shape index (κ3) is 2.37. The molecular formula is C12H19NS. The van der Waals surface area contributed by atoms with Gasteiger partial charge in [0.15, 0.2) is 0 Å². The summed E-state index contributed by atoms with van der Waals surface area (Å²) in [5.41, 5.74) is 7.54. The van der Waals surface area contributed by atoms with Crippen molar-refractivity contribution in [1.82, 2.24) is 0 Å². The summed E-state index contributed by atoms with van der Waals surface area (Å²) < 4.78 is 0. The molecule has 0 amide bonds. The predicted molar refractivity (Wildman–Crippen MR) is 62.6 cm³/mol. The van der Waals surface area contributed by atoms with Gasteiger partial charge >= 0.3 is 0 Å². The Morgan fingerprint density at radius 1 is 1.50 bits per heavy atom. The third-order valence-electron chi connectivity index (χ3n) is 3.24. The zero-order valence-electron chi connectivity index (χ0n) is 8.83. The van der Waals surface area contributed by atoms with Gasteiger partial charge in [0.2, 0.25) is 0 Å². The minimum absolute atomic E-state index is 0.281. The van der Waals surface area contributed by atoms with E-state index in [1.165, 1.54) is 42.5 Å². The van der Waals surface area contributed by atoms with Crippen LogP contribution in [0.3, 0.4) is 0 Å². The molecule has 2 rings (SSSR count). The molecule has 0 radical (unpaired) electrons. The van der Waals surface area contributed by atoms with Gasteiger partial charge in [-0.1, -0.05) is 25.7 Å². The summed E-state index contributed by atoms with van der Waals surface area (Å²) in [6, 6.07) is 2.52. The molecule has 78 valence electrons. The summed E-state index contributed by atoms with van der Waals surface area (Å²) in [5.74, 6) is 0.894. The Hall–Kier alpha value is -0.340. The number of aryl methyl sites for hydroxylation is 1. The number of thiophene rings is 1. The molecule has 1 unspecified atom stereocenters. The van der Waals surface area contributed by atoms with E-state index in [0.29, 0.717) is 0 Å². The van der Waals surface area contributed by atoms with Crippen molar-refractivity contribution in [2.45, 2.75) is 45.1 Å². The van der Waals surface area contributed by atoms with Crippen molar-refractivity contribution < 1.29 is 0 Å². The molecule has 2 heteroatoms. The largest absolute Gasteiger partial charge is 0.324 e. The van der Waals surface area contributed by atoms with Gasteiger partial charge in [0.1, 0.15) is 0 Å². The minimum Gasteiger partial charge on any atom is -0.324 e. The molecule has 0 spiro atoms. The monoisotopic (exact) mass is 209 g/mol. The van der Waals surface area contributed by atoms with Crippen LogP contribution in [0.4, 0.5) is 0 Å². The standard InChI is InChI=1S/C12H19NS/c1-9-6-11(8-14-9)12(13)7-10-4-2-3-5-10/h6,8,10,12H,2-5,7,13H2,1H3. The Kier molecular flexibility index (Phi) is 3.24. The average molecular weight is 209 g/mol. The van der Waals surface area contributed by atoms with E-state index in [0.717, 1.165) is 5.92 Å². The molecule has 1 saturated carbocycles. The van der Waals surface area contributed by atoms with Gasteiger partial charge < -0.3 is 5.73 Å². The summed E-state index contributed by atoms with van der Waals surface area (Å²) in [6.45, 7) is 2.15. The molecule has 2 N–H and O–H groups in total. The molecule has 1 atom stereocenters. The highest BCUT2D eigenvalue weighted by atomic mass is 32.1. The maximum Gasteiger partial charge on any atom is 0.0305 e. The van der Waals surface area contributed by atoms with Crippen LogP contribution < -0.4 is 5.73 Å². The zero-order valence-corrected chi connectivity index (χ0v) is 9.65. The maximum absolute atomic E-state index is 6.19. The second-order valence-corrected chi connectivity index (χ2v) is 5.60. The quantitative estimate of drug-likeness (QED) is 0.808. The van der Waals surface area contributed by atoms with Crippen molar-refractivity contribution in [3.8, 4) is 0 Å². The fourth-order valence-electron chi connectivity index (χ4n) is 2.40. The molecule has 0 aliphatic heterocycles. The Labute approximate surface area is 90.3 Å². The Bertz CT molecular complexity index is 286. The summed E-state index contributed by atoms with van der Waals surface area (Å²) in [5, 5.41) is 2.22. The van der Waals surface area contributed by atoms with Gasteiger partial charge in [-0.3, -0.25) is 0 Å². The van der Waals surface area contributed by atoms with Crippen molar-refractivity contribution in [1.29, 1.82) is 0 Å². The van der Waals surface area contributed by atoms with Crippen LogP contribution in [0, 0.1) is 12.8 Å². The molecular weight excluding hydrogens is 190 g/mol. The SMILES string of the molecule is Cc1cc(C(N)CC2CCCC2)cs1. The lowest BCUT2D eigenvalue weighted by Crippen LogP contribution is -2.13. The molecule has 1 aromatic heterocycles. The van der Waals surface area contributed by atoms with Crippen LogP contribution in [-0.2, 0) is 0 Å². The van der Waals surface area contributed by atoms with Crippen LogP contribution >= 0.6 is 11.3 Å². The van der Waals surface area contributed by atoms with Crippen LogP contribution in [0.15, 0.2) is 11.4 Å². The van der Waals surface area contributed by atoms with Gasteiger partial charge in [0.05, 0.1) is 0 Å². The van der Waals surface area contributed by atoms with E-state index in [1.54, 1.807) is 0 Å². The van der Waals surface area contributed by atoms with E-state index in [9.17, 15) is 0 Å². The highest BCUT2D eigenvalue weighted by Crippen LogP contribution is 2.32. The maximum atomic E-state index is 6.19. The Morgan fingerprint density at radius 3 is 2.79 bits per heavy atom. The Balaban J connectivity index is 1.91. The molecule has 1 aliphatic rings. The Morgan fingerprint density at radius 2 is 2.21 bits per heavy atom. The van der Waals surface area contributed by atoms with Crippen LogP contribution in [0.25, 0.3) is 0 Å². The molecule has 1 fully saturated rings. The predicted octanol–water partition coefficient (Wildman–Crippen LogP) is 3.64. The number of rotatable bonds is 3. The lowest BCUT2D eigenvalue weighted by atomic mass is 9.95. The first-order chi connectivity index (χ1) is 6.75. The van der Waals surface area contributed by atoms with E-state index in [-0.39, 0.29) is 6.04 Å². The van der Waals surface area contributed by atoms with Crippen molar-refractivity contribution in [2.75, 3.05) is 0 Å². The molecule has 0 bridgehead atoms. The second kappa shape index (κ2) is 4.45. The van der Waals surface area contributed by atoms with E-state index in [2.05, 4.69) is 18.4 Å². The summed E-state index contributed by atoms with van der Waals surface area (Å²) in [4.78, 5) is 1.38. The first-order valence-corrected chi connectivity index (χ1v) is 6.44. The highest BCUT2D eigenvalue weighted by molar-refractivity contribution is 7.10. The van der Waals surface area contributed by atoms with E-state index >= 15 is 0 Å². The molecule has 1 nitrogen and oxygen atoms in total. The van der Waals surface area contributed by atoms with Crippen LogP contribution in [-0.4, -0.2) is 0 Å². The van der Waals surface area contributed by atoms with Gasteiger partial charge in [0, 0.05) is 10.9 Å². The normalized spacial score (nSPS) is 20.1. The fourth-order valence-corrected chi connectivity index (χ4v) is 3.17. The van der Waals surface area contributed by atoms with Gasteiger partial charge in [0.25, 0.3) is 0 Å². The number of hydrogen-bond acceptors (Lipinski definition) is 2. The van der Waals surface area contributed by atoms with Crippen molar-refractivity contribution in [2.24, 2.45) is 11.7 Å².